The first-order chi connectivity index (χ1) is 16.6. The maximum absolute atomic E-state index is 12.9. The Morgan fingerprint density at radius 2 is 1.56 bits per heavy atom. The minimum atomic E-state index is -0.564. The molecule has 34 heavy (non-hydrogen) atoms. The molecule has 0 atom stereocenters. The number of nitrogens with one attached hydrogen (secondary N) is 2. The molecule has 4 rings (SSSR count). The fraction of sp³-hybridized carbons (Fsp3) is 0.0741. The van der Waals surface area contributed by atoms with E-state index < -0.39 is 11.8 Å². The molecule has 0 spiro atoms. The number of allylic oxidation sites excluding steroid dienone is 1. The fourth-order valence-electron chi connectivity index (χ4n) is 3.21. The molecular weight excluding hydrogens is 430 g/mol. The average Bonchev–Trinajstić information content (AvgIpc) is 3.32. The van der Waals surface area contributed by atoms with Crippen molar-refractivity contribution in [3.63, 3.8) is 0 Å². The number of hydrazone groups is 1. The van der Waals surface area contributed by atoms with Gasteiger partial charge in [0.2, 0.25) is 6.79 Å². The van der Waals surface area contributed by atoms with Gasteiger partial charge < -0.3 is 14.8 Å². The normalized spacial score (nSPS) is 13.1. The summed E-state index contributed by atoms with van der Waals surface area (Å²) in [5, 5.41) is 6.71. The van der Waals surface area contributed by atoms with Crippen molar-refractivity contribution < 1.29 is 19.1 Å². The van der Waals surface area contributed by atoms with Gasteiger partial charge in [0.1, 0.15) is 5.70 Å². The summed E-state index contributed by atoms with van der Waals surface area (Å²) < 4.78 is 10.7. The molecule has 1 aliphatic rings. The zero-order valence-corrected chi connectivity index (χ0v) is 18.5. The third kappa shape index (κ3) is 5.98. The van der Waals surface area contributed by atoms with Crippen LogP contribution in [-0.4, -0.2) is 24.8 Å². The molecule has 3 aromatic carbocycles. The van der Waals surface area contributed by atoms with Crippen LogP contribution in [0.3, 0.4) is 0 Å². The Hall–Kier alpha value is -4.65. The monoisotopic (exact) mass is 453 g/mol. The Kier molecular flexibility index (Phi) is 7.15. The number of nitrogens with zero attached hydrogens (tertiary/aromatic N) is 1. The molecule has 2 N–H and O–H groups in total. The van der Waals surface area contributed by atoms with Gasteiger partial charge in [0.05, 0.1) is 6.21 Å². The lowest BCUT2D eigenvalue weighted by molar-refractivity contribution is -0.117. The number of carbonyl (C=O) groups excluding carboxylic acids is 2. The molecular formula is C27H23N3O4. The maximum Gasteiger partial charge on any atom is 0.287 e. The second-order valence-corrected chi connectivity index (χ2v) is 7.49. The topological polar surface area (TPSA) is 89.0 Å². The lowest BCUT2D eigenvalue weighted by atomic mass is 10.1. The molecule has 0 aliphatic carbocycles. The predicted octanol–water partition coefficient (Wildman–Crippen LogP) is 4.39. The van der Waals surface area contributed by atoms with Gasteiger partial charge in [-0.25, -0.2) is 5.43 Å². The standard InChI is InChI=1S/C27H23N3O4/c1-19(14-20-8-4-2-5-9-20)17-28-30-27(32)23(29-26(31)22-10-6-3-7-11-22)15-21-12-13-24-25(16-21)34-18-33-24/h2-17H,18H2,1H3,(H,29,31)(H,30,32)/b19-14-,23-15+,28-17?. The quantitative estimate of drug-likeness (QED) is 0.315. The smallest absolute Gasteiger partial charge is 0.287 e. The van der Waals surface area contributed by atoms with E-state index in [9.17, 15) is 9.59 Å². The van der Waals surface area contributed by atoms with Crippen molar-refractivity contribution in [2.45, 2.75) is 6.92 Å². The number of rotatable bonds is 7. The Bertz CT molecular complexity index is 1270. The van der Waals surface area contributed by atoms with E-state index in [1.54, 1.807) is 54.8 Å². The van der Waals surface area contributed by atoms with Gasteiger partial charge in [-0.15, -0.1) is 0 Å². The van der Waals surface area contributed by atoms with E-state index in [1.807, 2.05) is 49.4 Å². The highest BCUT2D eigenvalue weighted by Gasteiger charge is 2.16. The maximum atomic E-state index is 12.9. The van der Waals surface area contributed by atoms with Crippen LogP contribution in [-0.2, 0) is 4.79 Å². The highest BCUT2D eigenvalue weighted by Crippen LogP contribution is 2.33. The predicted molar refractivity (Wildman–Crippen MR) is 131 cm³/mol. The fourth-order valence-corrected chi connectivity index (χ4v) is 3.21. The molecule has 7 nitrogen and oxygen atoms in total. The summed E-state index contributed by atoms with van der Waals surface area (Å²) in [6.45, 7) is 2.02. The summed E-state index contributed by atoms with van der Waals surface area (Å²) in [6, 6.07) is 23.7. The zero-order chi connectivity index (χ0) is 23.8. The van der Waals surface area contributed by atoms with Crippen molar-refractivity contribution >= 4 is 30.2 Å². The van der Waals surface area contributed by atoms with Gasteiger partial charge in [-0.1, -0.05) is 60.7 Å². The van der Waals surface area contributed by atoms with Gasteiger partial charge in [-0.3, -0.25) is 9.59 Å². The van der Waals surface area contributed by atoms with E-state index in [2.05, 4.69) is 15.8 Å². The first-order valence-electron chi connectivity index (χ1n) is 10.6. The molecule has 0 radical (unpaired) electrons. The van der Waals surface area contributed by atoms with Crippen LogP contribution < -0.4 is 20.2 Å². The summed E-state index contributed by atoms with van der Waals surface area (Å²) in [5.74, 6) is 0.224. The molecule has 1 aliphatic heterocycles. The molecule has 0 saturated carbocycles. The highest BCUT2D eigenvalue weighted by atomic mass is 16.7. The van der Waals surface area contributed by atoms with Crippen molar-refractivity contribution in [3.05, 3.63) is 107 Å². The van der Waals surface area contributed by atoms with Gasteiger partial charge >= 0.3 is 0 Å². The van der Waals surface area contributed by atoms with Crippen LogP contribution in [0.25, 0.3) is 12.2 Å². The molecule has 0 bridgehead atoms. The van der Waals surface area contributed by atoms with Crippen LogP contribution in [0.4, 0.5) is 0 Å². The van der Waals surface area contributed by atoms with E-state index in [0.29, 0.717) is 22.6 Å². The minimum absolute atomic E-state index is 0.0366. The number of hydrogen-bond acceptors (Lipinski definition) is 5. The van der Waals surface area contributed by atoms with E-state index in [4.69, 9.17) is 9.47 Å². The molecule has 0 unspecified atom stereocenters. The molecule has 0 saturated heterocycles. The molecule has 0 aromatic heterocycles. The summed E-state index contributed by atoms with van der Waals surface area (Å²) >= 11 is 0. The van der Waals surface area contributed by atoms with Gasteiger partial charge in [-0.05, 0) is 54.0 Å². The zero-order valence-electron chi connectivity index (χ0n) is 18.5. The van der Waals surface area contributed by atoms with Crippen LogP contribution in [0.2, 0.25) is 0 Å². The third-order valence-electron chi connectivity index (χ3n) is 4.86. The van der Waals surface area contributed by atoms with E-state index in [0.717, 1.165) is 11.1 Å². The average molecular weight is 453 g/mol. The summed E-state index contributed by atoms with van der Waals surface area (Å²) in [5.41, 5.74) is 5.48. The van der Waals surface area contributed by atoms with Crippen molar-refractivity contribution in [2.75, 3.05) is 6.79 Å². The molecule has 1 heterocycles. The lowest BCUT2D eigenvalue weighted by Gasteiger charge is -2.09. The number of ether oxygens (including phenoxy) is 2. The summed E-state index contributed by atoms with van der Waals surface area (Å²) in [6.07, 6.45) is 5.04. The van der Waals surface area contributed by atoms with Crippen LogP contribution in [0, 0.1) is 0 Å². The Morgan fingerprint density at radius 1 is 0.853 bits per heavy atom. The first-order valence-corrected chi connectivity index (χ1v) is 10.6. The van der Waals surface area contributed by atoms with E-state index in [1.165, 1.54) is 0 Å². The van der Waals surface area contributed by atoms with Crippen LogP contribution in [0.15, 0.2) is 95.2 Å². The lowest BCUT2D eigenvalue weighted by Crippen LogP contribution is -2.32. The summed E-state index contributed by atoms with van der Waals surface area (Å²) in [7, 11) is 0. The number of amides is 2. The second kappa shape index (κ2) is 10.8. The molecule has 170 valence electrons. The minimum Gasteiger partial charge on any atom is -0.454 e. The van der Waals surface area contributed by atoms with Crippen LogP contribution in [0.1, 0.15) is 28.4 Å². The van der Waals surface area contributed by atoms with Crippen LogP contribution >= 0.6 is 0 Å². The van der Waals surface area contributed by atoms with Crippen molar-refractivity contribution in [1.82, 2.24) is 10.7 Å². The molecule has 3 aromatic rings. The van der Waals surface area contributed by atoms with Gasteiger partial charge in [0, 0.05) is 5.56 Å². The molecule has 7 heteroatoms. The van der Waals surface area contributed by atoms with Gasteiger partial charge in [0.15, 0.2) is 11.5 Å². The Morgan fingerprint density at radius 3 is 2.32 bits per heavy atom. The summed E-state index contributed by atoms with van der Waals surface area (Å²) in [4.78, 5) is 25.6. The van der Waals surface area contributed by atoms with Gasteiger partial charge in [-0.2, -0.15) is 5.10 Å². The number of hydrogen-bond donors (Lipinski definition) is 2. The third-order valence-corrected chi connectivity index (χ3v) is 4.86. The van der Waals surface area contributed by atoms with Crippen LogP contribution in [0.5, 0.6) is 11.5 Å². The Labute approximate surface area is 197 Å². The SMILES string of the molecule is C/C(C=NNC(=O)/C(=C\c1ccc2c(c1)OCO2)NC(=O)c1ccccc1)=C/c1ccccc1. The Balaban J connectivity index is 1.52. The van der Waals surface area contributed by atoms with E-state index >= 15 is 0 Å². The van der Waals surface area contributed by atoms with Crippen molar-refractivity contribution in [2.24, 2.45) is 5.10 Å². The van der Waals surface area contributed by atoms with Crippen molar-refractivity contribution in [1.29, 1.82) is 0 Å². The number of carbonyl (C=O) groups is 2. The van der Waals surface area contributed by atoms with Crippen molar-refractivity contribution in [3.8, 4) is 11.5 Å². The van der Waals surface area contributed by atoms with E-state index in [-0.39, 0.29) is 12.5 Å². The van der Waals surface area contributed by atoms with Gasteiger partial charge in [0.25, 0.3) is 11.8 Å². The number of fused-ring (bicyclic) bond motifs is 1. The number of benzene rings is 3. The largest absolute Gasteiger partial charge is 0.454 e. The first kappa shape index (κ1) is 22.5. The molecule has 0 fully saturated rings. The molecule has 2 amide bonds. The second-order valence-electron chi connectivity index (χ2n) is 7.49. The highest BCUT2D eigenvalue weighted by molar-refractivity contribution is 6.05.